The molecule has 2 N–H and O–H groups in total. The molecule has 1 aromatic carbocycles. The molecule has 0 atom stereocenters. The van der Waals surface area contributed by atoms with Crippen molar-refractivity contribution in [2.45, 2.75) is 18.4 Å². The second-order valence-electron chi connectivity index (χ2n) is 3.62. The van der Waals surface area contributed by atoms with Gasteiger partial charge in [0.05, 0.1) is 0 Å². The van der Waals surface area contributed by atoms with Gasteiger partial charge >= 0.3 is 18.4 Å². The minimum Gasteiger partial charge on any atom is -0.318 e. The van der Waals surface area contributed by atoms with Crippen molar-refractivity contribution >= 4 is 27.6 Å². The van der Waals surface area contributed by atoms with Gasteiger partial charge in [0.15, 0.2) is 0 Å². The van der Waals surface area contributed by atoms with Crippen molar-refractivity contribution in [2.24, 2.45) is 0 Å². The van der Waals surface area contributed by atoms with Crippen LogP contribution in [-0.4, -0.2) is 24.4 Å². The Bertz CT molecular complexity index is 456. The summed E-state index contributed by atoms with van der Waals surface area (Å²) >= 11 is 3.08. The molecule has 2 amide bonds. The van der Waals surface area contributed by atoms with Crippen LogP contribution in [0.25, 0.3) is 0 Å². The van der Waals surface area contributed by atoms with Gasteiger partial charge in [-0.15, -0.1) is 0 Å². The fourth-order valence-electron chi connectivity index (χ4n) is 1.18. The highest BCUT2D eigenvalue weighted by Gasteiger charge is 2.57. The highest BCUT2D eigenvalue weighted by atomic mass is 79.9. The van der Waals surface area contributed by atoms with E-state index in [1.165, 1.54) is 24.3 Å². The van der Waals surface area contributed by atoms with Gasteiger partial charge in [-0.3, -0.25) is 0 Å². The van der Waals surface area contributed by atoms with Crippen LogP contribution in [0.5, 0.6) is 0 Å². The predicted octanol–water partition coefficient (Wildman–Crippen LogP) is 4.06. The van der Waals surface area contributed by atoms with Gasteiger partial charge < -0.3 is 10.6 Å². The monoisotopic (exact) mass is 364 g/mol. The molecule has 0 heterocycles. The van der Waals surface area contributed by atoms with Crippen molar-refractivity contribution < 1.29 is 31.1 Å². The molecule has 0 spiro atoms. The maximum absolute atomic E-state index is 12.2. The van der Waals surface area contributed by atoms with Crippen LogP contribution in [0.15, 0.2) is 28.7 Å². The number of urea groups is 1. The molecule has 1 rings (SSSR count). The van der Waals surface area contributed by atoms with Crippen LogP contribution in [-0.2, 0) is 0 Å². The van der Waals surface area contributed by atoms with Crippen molar-refractivity contribution in [3.63, 3.8) is 0 Å². The summed E-state index contributed by atoms with van der Waals surface area (Å²) in [5.74, 6) is 0. The van der Waals surface area contributed by atoms with Crippen LogP contribution in [0.1, 0.15) is 0 Å². The summed E-state index contributed by atoms with van der Waals surface area (Å²) in [5.41, 5.74) is 0.0498. The third-order valence-corrected chi connectivity index (χ3v) is 2.56. The first-order valence-electron chi connectivity index (χ1n) is 4.96. The van der Waals surface area contributed by atoms with Gasteiger partial charge in [0.2, 0.25) is 6.04 Å². The largest absolute Gasteiger partial charge is 0.417 e. The molecule has 0 fully saturated rings. The summed E-state index contributed by atoms with van der Waals surface area (Å²) in [6.45, 7) is 0. The highest BCUT2D eigenvalue weighted by Crippen LogP contribution is 2.33. The summed E-state index contributed by atoms with van der Waals surface area (Å²) in [4.78, 5) is 11.2. The number of hydrogen-bond donors (Lipinski definition) is 2. The lowest BCUT2D eigenvalue weighted by Gasteiger charge is -2.23. The lowest BCUT2D eigenvalue weighted by molar-refractivity contribution is -0.255. The zero-order valence-corrected chi connectivity index (χ0v) is 11.0. The molecule has 0 unspecified atom stereocenters. The Morgan fingerprint density at radius 2 is 1.45 bits per heavy atom. The fourth-order valence-corrected chi connectivity index (χ4v) is 1.45. The number of alkyl halides is 6. The van der Waals surface area contributed by atoms with Gasteiger partial charge in [0.25, 0.3) is 0 Å². The van der Waals surface area contributed by atoms with E-state index in [9.17, 15) is 31.1 Å². The van der Waals surface area contributed by atoms with Gasteiger partial charge in [0, 0.05) is 10.2 Å². The van der Waals surface area contributed by atoms with Crippen molar-refractivity contribution in [1.82, 2.24) is 5.32 Å². The number of carbonyl (C=O) groups excluding carboxylic acids is 1. The summed E-state index contributed by atoms with van der Waals surface area (Å²) in [5, 5.41) is 2.72. The van der Waals surface area contributed by atoms with Gasteiger partial charge in [-0.2, -0.15) is 26.3 Å². The van der Waals surface area contributed by atoms with Gasteiger partial charge in [-0.1, -0.05) is 15.9 Å². The van der Waals surface area contributed by atoms with Gasteiger partial charge in [0.1, 0.15) is 0 Å². The standard InChI is InChI=1S/C10H7BrF6N2O/c11-5-1-3-6(4-2-5)18-8(20)19-7(9(12,13)14)10(15,16)17/h1-4,7H,(H2,18,19,20). The van der Waals surface area contributed by atoms with E-state index in [4.69, 9.17) is 0 Å². The predicted molar refractivity (Wildman–Crippen MR) is 62.2 cm³/mol. The molecule has 0 radical (unpaired) electrons. The minimum absolute atomic E-state index is 0.0498. The molecule has 0 aliphatic heterocycles. The van der Waals surface area contributed by atoms with Crippen LogP contribution >= 0.6 is 15.9 Å². The molecule has 0 saturated heterocycles. The molecule has 0 aliphatic carbocycles. The first kappa shape index (κ1) is 16.6. The number of rotatable bonds is 2. The molecular formula is C10H7BrF6N2O. The number of anilines is 1. The molecule has 3 nitrogen and oxygen atoms in total. The van der Waals surface area contributed by atoms with Gasteiger partial charge in [-0.05, 0) is 24.3 Å². The van der Waals surface area contributed by atoms with Crippen LogP contribution in [0.3, 0.4) is 0 Å². The molecule has 0 aliphatic rings. The zero-order valence-electron chi connectivity index (χ0n) is 9.44. The number of carbonyl (C=O) groups is 1. The SMILES string of the molecule is O=C(Nc1ccc(Br)cc1)NC(C(F)(F)F)C(F)(F)F. The average molecular weight is 365 g/mol. The van der Waals surface area contributed by atoms with E-state index in [-0.39, 0.29) is 5.69 Å². The van der Waals surface area contributed by atoms with E-state index in [2.05, 4.69) is 15.9 Å². The third kappa shape index (κ3) is 4.91. The first-order valence-corrected chi connectivity index (χ1v) is 5.76. The molecule has 20 heavy (non-hydrogen) atoms. The van der Waals surface area contributed by atoms with Crippen LogP contribution in [0.2, 0.25) is 0 Å². The summed E-state index contributed by atoms with van der Waals surface area (Å²) < 4.78 is 73.8. The molecule has 0 bridgehead atoms. The molecule has 10 heteroatoms. The van der Waals surface area contributed by atoms with Crippen LogP contribution in [0.4, 0.5) is 36.8 Å². The maximum atomic E-state index is 12.2. The average Bonchev–Trinajstić information content (AvgIpc) is 2.26. The van der Waals surface area contributed by atoms with E-state index < -0.39 is 24.4 Å². The van der Waals surface area contributed by atoms with E-state index in [1.54, 1.807) is 0 Å². The van der Waals surface area contributed by atoms with Crippen molar-refractivity contribution in [3.05, 3.63) is 28.7 Å². The minimum atomic E-state index is -5.63. The Labute approximate surface area is 117 Å². The van der Waals surface area contributed by atoms with Crippen molar-refractivity contribution in [2.75, 3.05) is 5.32 Å². The summed E-state index contributed by atoms with van der Waals surface area (Å²) in [6, 6.07) is -0.00148. The van der Waals surface area contributed by atoms with Crippen molar-refractivity contribution in [3.8, 4) is 0 Å². The Morgan fingerprint density at radius 3 is 1.85 bits per heavy atom. The molecule has 112 valence electrons. The number of hydrogen-bond acceptors (Lipinski definition) is 1. The Balaban J connectivity index is 2.75. The summed E-state index contributed by atoms with van der Waals surface area (Å²) in [6.07, 6.45) is -11.3. The van der Waals surface area contributed by atoms with Crippen molar-refractivity contribution in [1.29, 1.82) is 0 Å². The van der Waals surface area contributed by atoms with E-state index in [1.807, 2.05) is 5.32 Å². The quantitative estimate of drug-likeness (QED) is 0.763. The lowest BCUT2D eigenvalue weighted by atomic mass is 10.3. The molecule has 0 aromatic heterocycles. The maximum Gasteiger partial charge on any atom is 0.417 e. The second-order valence-corrected chi connectivity index (χ2v) is 4.54. The summed E-state index contributed by atoms with van der Waals surface area (Å²) in [7, 11) is 0. The molecular weight excluding hydrogens is 358 g/mol. The van der Waals surface area contributed by atoms with Gasteiger partial charge in [-0.25, -0.2) is 4.79 Å². The highest BCUT2D eigenvalue weighted by molar-refractivity contribution is 9.10. The Hall–Kier alpha value is -1.45. The van der Waals surface area contributed by atoms with E-state index >= 15 is 0 Å². The topological polar surface area (TPSA) is 41.1 Å². The third-order valence-electron chi connectivity index (χ3n) is 2.03. The number of amides is 2. The Morgan fingerprint density at radius 1 is 1.00 bits per heavy atom. The molecule has 1 aromatic rings. The van der Waals surface area contributed by atoms with Crippen LogP contribution in [0, 0.1) is 0 Å². The first-order chi connectivity index (χ1) is 9.00. The lowest BCUT2D eigenvalue weighted by Crippen LogP contribution is -2.55. The molecule has 0 saturated carbocycles. The van der Waals surface area contributed by atoms with Crippen LogP contribution < -0.4 is 10.6 Å². The number of nitrogens with one attached hydrogen (secondary N) is 2. The second kappa shape index (κ2) is 5.90. The number of halogens is 7. The van der Waals surface area contributed by atoms with E-state index in [0.717, 1.165) is 5.32 Å². The fraction of sp³-hybridized carbons (Fsp3) is 0.300. The zero-order chi connectivity index (χ0) is 15.6. The smallest absolute Gasteiger partial charge is 0.318 e. The number of benzene rings is 1. The Kier molecular flexibility index (Phi) is 4.90. The normalized spacial score (nSPS) is 12.4. The van der Waals surface area contributed by atoms with E-state index in [0.29, 0.717) is 4.47 Å².